The monoisotopic (exact) mass is 1630 g/mol. The highest BCUT2D eigenvalue weighted by atomic mass is 19.3. The number of nitrogens with zero attached hydrogens (tertiary/aromatic N) is 12. The molecular weight excluding hydrogens is 1520 g/mol. The summed E-state index contributed by atoms with van der Waals surface area (Å²) in [6.07, 6.45) is 26.2. The van der Waals surface area contributed by atoms with Crippen LogP contribution in [0.3, 0.4) is 0 Å². The van der Waals surface area contributed by atoms with Crippen LogP contribution in [0.5, 0.6) is 17.2 Å². The van der Waals surface area contributed by atoms with Crippen molar-refractivity contribution < 1.29 is 64.9 Å². The number of alkyl halides is 5. The van der Waals surface area contributed by atoms with E-state index < -0.39 is 23.8 Å². The Balaban J connectivity index is 0.000000132. The number of carbonyl (C=O) groups is 6. The third-order valence-electron chi connectivity index (χ3n) is 26.7. The predicted molar refractivity (Wildman–Crippen MR) is 438 cm³/mol. The first-order valence-corrected chi connectivity index (χ1v) is 42.1. The van der Waals surface area contributed by atoms with E-state index in [1.807, 2.05) is 14.1 Å². The molecule has 6 heterocycles. The van der Waals surface area contributed by atoms with Gasteiger partial charge in [0.1, 0.15) is 34.3 Å². The maximum Gasteiger partial charge on any atom is 0.251 e. The number of rotatable bonds is 19. The molecule has 0 bridgehead atoms. The van der Waals surface area contributed by atoms with Gasteiger partial charge in [-0.15, -0.1) is 0 Å². The highest BCUT2D eigenvalue weighted by molar-refractivity contribution is 6.05. The summed E-state index contributed by atoms with van der Waals surface area (Å²) in [6.45, 7) is 1.71. The van der Waals surface area contributed by atoms with Crippen LogP contribution < -0.4 is 75.5 Å². The van der Waals surface area contributed by atoms with E-state index in [1.54, 1.807) is 102 Å². The Bertz CT molecular complexity index is 4790. The van der Waals surface area contributed by atoms with Gasteiger partial charge in [0.05, 0.1) is 79.9 Å². The van der Waals surface area contributed by atoms with E-state index >= 15 is 0 Å². The number of benzene rings is 3. The van der Waals surface area contributed by atoms with Gasteiger partial charge in [0.2, 0.25) is 47.4 Å². The van der Waals surface area contributed by atoms with Crippen LogP contribution in [-0.4, -0.2) is 182 Å². The molecule has 32 heteroatoms. The number of methoxy groups -OCH3 is 3. The Labute approximate surface area is 683 Å². The van der Waals surface area contributed by atoms with Crippen LogP contribution in [0.15, 0.2) is 73.2 Å². The van der Waals surface area contributed by atoms with E-state index in [1.165, 1.54) is 52.7 Å². The van der Waals surface area contributed by atoms with Gasteiger partial charge in [-0.05, 0) is 176 Å². The van der Waals surface area contributed by atoms with Crippen LogP contribution in [0, 0.1) is 22.2 Å². The summed E-state index contributed by atoms with van der Waals surface area (Å²) in [6, 6.07) is 15.3. The zero-order chi connectivity index (χ0) is 82.6. The number of hydrogen-bond acceptors (Lipinski definition) is 21. The van der Waals surface area contributed by atoms with E-state index in [-0.39, 0.29) is 115 Å². The SMILES string of the molecule is COc1cc(C(=O)NC2CCC(F)(F)C2)ccc1Nc1ncc2c(n1)N(C1CCCC1)CC1(CC1)C(=O)N2C.COc1cc(C(=O)NC2CCC(F)(F)CC2)ccc1Nc1ncc2c(n1)N(C1CCCC1)CC1(CC1)C(=O)N2C.COc1cc(C(=O)N[C@@H]2CC[C@@H](CF)C2)ccc1Nc1ncc2c(n1)N(C1CCCC1)CC1(CC1)C(=O)N2C. The first kappa shape index (κ1) is 81.3. The summed E-state index contributed by atoms with van der Waals surface area (Å²) < 4.78 is 83.7. The van der Waals surface area contributed by atoms with E-state index in [0.717, 1.165) is 113 Å². The van der Waals surface area contributed by atoms with Crippen molar-refractivity contribution >= 4 is 105 Å². The number of fused-ring (bicyclic) bond motifs is 3. The Morgan fingerprint density at radius 2 is 0.746 bits per heavy atom. The molecule has 3 spiro atoms. The van der Waals surface area contributed by atoms with E-state index in [0.29, 0.717) is 124 Å². The van der Waals surface area contributed by atoms with Crippen LogP contribution in [0.25, 0.3) is 0 Å². The van der Waals surface area contributed by atoms with Gasteiger partial charge in [0.25, 0.3) is 17.7 Å². The van der Waals surface area contributed by atoms with Gasteiger partial charge in [0.15, 0.2) is 17.5 Å². The lowest BCUT2D eigenvalue weighted by molar-refractivity contribution is -0.123. The molecule has 1 unspecified atom stereocenters. The Hall–Kier alpha value is -10.4. The molecule has 6 amide bonds. The normalized spacial score (nSPS) is 23.2. The molecule has 6 N–H and O–H groups in total. The second kappa shape index (κ2) is 33.1. The summed E-state index contributed by atoms with van der Waals surface area (Å²) in [5, 5.41) is 18.3. The standard InChI is InChI=1S/C29H36F2N6O3.C29H37FN6O3.C28H34F2N6O3/c1-36-22-16-32-27(35-24(22)37(20-5-3-4-6-20)17-28(13-14-28)26(36)39)34-21-8-7-18(15-23(21)40-2)25(38)33-19-9-11-29(30,31)12-10-19;1-35-23-16-31-28(34-25(23)36(21-5-3-4-6-21)17-29(11-12-29)27(35)38)33-22-10-8-19(14-24(22)39-2)26(37)32-20-9-7-18(13-20)15-30;1-35-21-15-31-26(34-23(21)36(19-5-3-4-6-19)16-27(11-12-27)25(35)38)33-20-8-7-17(13-22(20)39-2)24(37)32-18-9-10-28(29,30)14-18/h7-8,15-16,19-20H,3-6,9-14,17H2,1-2H3,(H,33,38)(H,32,34,35);8,10,14,16,18,20-21H,3-7,9,11-13,15,17H2,1-2H3,(H,32,37)(H,31,33,34);7-8,13,15,18-19H,3-6,9-12,14,16H2,1-2H3,(H,32,37)(H,31,33,34)/t;18-,20-;/m.1./s1. The first-order chi connectivity index (χ1) is 56.8. The number of carbonyl (C=O) groups excluding carboxylic acids is 6. The van der Waals surface area contributed by atoms with Crippen molar-refractivity contribution in [1.29, 1.82) is 0 Å². The van der Waals surface area contributed by atoms with Gasteiger partial charge in [-0.25, -0.2) is 32.5 Å². The van der Waals surface area contributed by atoms with Gasteiger partial charge in [0, 0.05) is 119 Å². The molecule has 3 aliphatic heterocycles. The number of amides is 6. The molecule has 9 aliphatic carbocycles. The van der Waals surface area contributed by atoms with Crippen LogP contribution in [-0.2, 0) is 14.4 Å². The lowest BCUT2D eigenvalue weighted by atomic mass is 9.92. The molecule has 9 fully saturated rings. The highest BCUT2D eigenvalue weighted by Gasteiger charge is 2.58. The smallest absolute Gasteiger partial charge is 0.251 e. The fourth-order valence-corrected chi connectivity index (χ4v) is 19.1. The number of nitrogens with one attached hydrogen (secondary N) is 6. The fourth-order valence-electron chi connectivity index (χ4n) is 19.1. The largest absolute Gasteiger partial charge is 0.495 e. The molecule has 3 aromatic heterocycles. The topological polar surface area (TPSA) is 299 Å². The van der Waals surface area contributed by atoms with Crippen molar-refractivity contribution in [3.63, 3.8) is 0 Å². The lowest BCUT2D eigenvalue weighted by Crippen LogP contribution is -2.41. The predicted octanol–water partition coefficient (Wildman–Crippen LogP) is 14.3. The molecule has 0 saturated heterocycles. The zero-order valence-corrected chi connectivity index (χ0v) is 68.0. The molecule has 0 radical (unpaired) electrons. The molecule has 27 nitrogen and oxygen atoms in total. The maximum absolute atomic E-state index is 13.5. The molecule has 12 aliphatic rings. The van der Waals surface area contributed by atoms with Crippen LogP contribution in [0.4, 0.5) is 91.4 Å². The minimum atomic E-state index is -2.73. The summed E-state index contributed by atoms with van der Waals surface area (Å²) in [5.74, 6) is -1.11. The number of halogens is 5. The van der Waals surface area contributed by atoms with Gasteiger partial charge < -0.3 is 75.5 Å². The van der Waals surface area contributed by atoms with Crippen molar-refractivity contribution in [2.45, 2.75) is 228 Å². The number of hydrogen-bond donors (Lipinski definition) is 6. The highest BCUT2D eigenvalue weighted by Crippen LogP contribution is 2.56. The first-order valence-electron chi connectivity index (χ1n) is 42.1. The minimum Gasteiger partial charge on any atom is -0.495 e. The van der Waals surface area contributed by atoms with Gasteiger partial charge >= 0.3 is 0 Å². The maximum atomic E-state index is 13.5. The van der Waals surface area contributed by atoms with Crippen molar-refractivity contribution in [2.24, 2.45) is 22.2 Å². The Kier molecular flexibility index (Phi) is 22.8. The van der Waals surface area contributed by atoms with E-state index in [4.69, 9.17) is 29.2 Å². The molecule has 630 valence electrons. The average Bonchev–Trinajstić information content (AvgIpc) is 1.59. The van der Waals surface area contributed by atoms with Crippen molar-refractivity contribution in [2.75, 3.05) is 114 Å². The number of aromatic nitrogens is 6. The second-order valence-electron chi connectivity index (χ2n) is 34.8. The van der Waals surface area contributed by atoms with Crippen molar-refractivity contribution in [3.05, 3.63) is 89.9 Å². The summed E-state index contributed by atoms with van der Waals surface area (Å²) in [4.78, 5) is 119. The van der Waals surface area contributed by atoms with E-state index in [9.17, 15) is 50.7 Å². The molecular formula is C86H107F5N18O9. The summed E-state index contributed by atoms with van der Waals surface area (Å²) in [7, 11) is 10.00. The quantitative estimate of drug-likeness (QED) is 0.0411. The fraction of sp³-hybridized carbons (Fsp3) is 0.581. The minimum absolute atomic E-state index is 0.00220. The van der Waals surface area contributed by atoms with Crippen molar-refractivity contribution in [1.82, 2.24) is 45.9 Å². The zero-order valence-electron chi connectivity index (χ0n) is 68.0. The molecule has 3 atom stereocenters. The molecule has 9 saturated carbocycles. The van der Waals surface area contributed by atoms with Gasteiger partial charge in [-0.3, -0.25) is 33.2 Å². The molecule has 6 aromatic rings. The van der Waals surface area contributed by atoms with Gasteiger partial charge in [-0.1, -0.05) is 38.5 Å². The Morgan fingerprint density at radius 3 is 1.05 bits per heavy atom. The molecule has 118 heavy (non-hydrogen) atoms. The number of ether oxygens (including phenoxy) is 3. The van der Waals surface area contributed by atoms with Gasteiger partial charge in [-0.2, -0.15) is 15.0 Å². The third-order valence-corrected chi connectivity index (χ3v) is 26.7. The second-order valence-corrected chi connectivity index (χ2v) is 34.8. The number of anilines is 12. The van der Waals surface area contributed by atoms with E-state index in [2.05, 4.69) is 61.6 Å². The molecule has 18 rings (SSSR count). The van der Waals surface area contributed by atoms with Crippen LogP contribution in [0.2, 0.25) is 0 Å². The van der Waals surface area contributed by atoms with Crippen LogP contribution >= 0.6 is 0 Å². The Morgan fingerprint density at radius 1 is 0.424 bits per heavy atom. The van der Waals surface area contributed by atoms with Crippen molar-refractivity contribution in [3.8, 4) is 17.2 Å². The summed E-state index contributed by atoms with van der Waals surface area (Å²) in [5.41, 5.74) is 4.14. The third kappa shape index (κ3) is 17.0. The lowest BCUT2D eigenvalue weighted by Gasteiger charge is -2.31. The average molecular weight is 1630 g/mol. The molecule has 3 aromatic carbocycles. The van der Waals surface area contributed by atoms with Crippen LogP contribution in [0.1, 0.15) is 211 Å². The summed E-state index contributed by atoms with van der Waals surface area (Å²) >= 11 is 0.